The van der Waals surface area contributed by atoms with Crippen LogP contribution in [0.5, 0.6) is 5.75 Å². The fourth-order valence-electron chi connectivity index (χ4n) is 4.39. The van der Waals surface area contributed by atoms with Gasteiger partial charge in [-0.05, 0) is 47.6 Å². The number of hydrogen-bond donors (Lipinski definition) is 1. The molecule has 4 rings (SSSR count). The third-order valence-corrected chi connectivity index (χ3v) is 6.34. The zero-order chi connectivity index (χ0) is 19.9. The number of rotatable bonds is 2. The Balaban J connectivity index is 1.51. The minimum atomic E-state index is 0.0184. The maximum absolute atomic E-state index is 13.1. The van der Waals surface area contributed by atoms with E-state index in [9.17, 15) is 4.79 Å². The quantitative estimate of drug-likeness (QED) is 0.859. The summed E-state index contributed by atoms with van der Waals surface area (Å²) in [6.07, 6.45) is 1.86. The summed E-state index contributed by atoms with van der Waals surface area (Å²) in [6, 6.07) is 14.4. The topological polar surface area (TPSA) is 55.6 Å². The summed E-state index contributed by atoms with van der Waals surface area (Å²) in [7, 11) is 0. The average molecular weight is 379 g/mol. The number of hydrogen-bond acceptors (Lipinski definition) is 3. The van der Waals surface area contributed by atoms with Gasteiger partial charge in [0.25, 0.3) is 5.91 Å². The molecule has 0 radical (unpaired) electrons. The van der Waals surface area contributed by atoms with Crippen molar-refractivity contribution in [3.05, 3.63) is 64.7 Å². The highest BCUT2D eigenvalue weighted by molar-refractivity contribution is 5.94. The number of likely N-dealkylation sites (tertiary alicyclic amines) is 1. The molecule has 1 fully saturated rings. The van der Waals surface area contributed by atoms with Crippen molar-refractivity contribution in [2.24, 2.45) is 5.73 Å². The molecule has 0 unspecified atom stereocenters. The molecule has 0 bridgehead atoms. The molecule has 2 aromatic carbocycles. The van der Waals surface area contributed by atoms with Crippen LogP contribution in [0.2, 0.25) is 0 Å². The van der Waals surface area contributed by atoms with E-state index in [4.69, 9.17) is 10.5 Å². The summed E-state index contributed by atoms with van der Waals surface area (Å²) in [5.74, 6) is 1.12. The van der Waals surface area contributed by atoms with Crippen LogP contribution in [0.15, 0.2) is 42.5 Å². The van der Waals surface area contributed by atoms with Crippen molar-refractivity contribution in [3.63, 3.8) is 0 Å². The van der Waals surface area contributed by atoms with Gasteiger partial charge in [0, 0.05) is 36.2 Å². The van der Waals surface area contributed by atoms with E-state index in [1.807, 2.05) is 35.2 Å². The number of carbonyl (C=O) groups is 1. The Hall–Kier alpha value is -2.33. The lowest BCUT2D eigenvalue weighted by molar-refractivity contribution is 0.0646. The van der Waals surface area contributed by atoms with Crippen molar-refractivity contribution in [1.82, 2.24) is 4.90 Å². The molecule has 2 N–H and O–H groups in total. The van der Waals surface area contributed by atoms with E-state index < -0.39 is 0 Å². The van der Waals surface area contributed by atoms with Gasteiger partial charge >= 0.3 is 0 Å². The fraction of sp³-hybridized carbons (Fsp3) is 0.458. The van der Waals surface area contributed by atoms with E-state index in [0.717, 1.165) is 42.8 Å². The second-order valence-electron chi connectivity index (χ2n) is 9.23. The lowest BCUT2D eigenvalue weighted by Gasteiger charge is -2.38. The Morgan fingerprint density at radius 3 is 2.57 bits per heavy atom. The molecule has 0 atom stereocenters. The first-order valence-electron chi connectivity index (χ1n) is 10.2. The summed E-state index contributed by atoms with van der Waals surface area (Å²) in [6.45, 7) is 9.29. The van der Waals surface area contributed by atoms with Crippen LogP contribution in [-0.2, 0) is 17.4 Å². The van der Waals surface area contributed by atoms with Gasteiger partial charge in [-0.2, -0.15) is 0 Å². The average Bonchev–Trinajstić information content (AvgIpc) is 3.05. The smallest absolute Gasteiger partial charge is 0.253 e. The molecule has 148 valence electrons. The third-order valence-electron chi connectivity index (χ3n) is 6.34. The number of ether oxygens (including phenoxy) is 1. The number of amides is 1. The molecule has 1 amide bonds. The van der Waals surface area contributed by atoms with Gasteiger partial charge in [0.05, 0.1) is 6.61 Å². The van der Waals surface area contributed by atoms with Crippen LogP contribution >= 0.6 is 0 Å². The Bertz CT molecular complexity index is 890. The maximum atomic E-state index is 13.1. The minimum Gasteiger partial charge on any atom is -0.492 e. The molecule has 0 saturated carbocycles. The van der Waals surface area contributed by atoms with Crippen LogP contribution in [0.25, 0.3) is 0 Å². The van der Waals surface area contributed by atoms with E-state index in [1.54, 1.807) is 0 Å². The minimum absolute atomic E-state index is 0.0184. The van der Waals surface area contributed by atoms with Crippen molar-refractivity contribution in [2.75, 3.05) is 19.7 Å². The SMILES string of the molecule is CC(C)(C)c1cccc(C(=O)N2CCC3(CC2)COc2ccc(CN)cc23)c1. The Morgan fingerprint density at radius 2 is 1.89 bits per heavy atom. The first-order valence-corrected chi connectivity index (χ1v) is 10.2. The van der Waals surface area contributed by atoms with Gasteiger partial charge in [-0.1, -0.05) is 45.0 Å². The van der Waals surface area contributed by atoms with Crippen LogP contribution < -0.4 is 10.5 Å². The van der Waals surface area contributed by atoms with Gasteiger partial charge in [-0.25, -0.2) is 0 Å². The molecule has 2 aliphatic heterocycles. The highest BCUT2D eigenvalue weighted by atomic mass is 16.5. The number of nitrogens with zero attached hydrogens (tertiary/aromatic N) is 1. The van der Waals surface area contributed by atoms with Crippen molar-refractivity contribution < 1.29 is 9.53 Å². The van der Waals surface area contributed by atoms with E-state index in [-0.39, 0.29) is 16.7 Å². The van der Waals surface area contributed by atoms with Gasteiger partial charge in [0.2, 0.25) is 0 Å². The molecule has 2 aromatic rings. The maximum Gasteiger partial charge on any atom is 0.253 e. The molecule has 4 heteroatoms. The summed E-state index contributed by atoms with van der Waals surface area (Å²) in [5, 5.41) is 0. The standard InChI is InChI=1S/C24H30N2O2/c1-23(2,3)19-6-4-5-18(14-19)22(27)26-11-9-24(10-12-26)16-28-21-8-7-17(15-25)13-20(21)24/h4-8,13-14H,9-12,15-16,25H2,1-3H3. The van der Waals surface area contributed by atoms with Crippen molar-refractivity contribution in [1.29, 1.82) is 0 Å². The largest absolute Gasteiger partial charge is 0.492 e. The first-order chi connectivity index (χ1) is 13.3. The van der Waals surface area contributed by atoms with E-state index >= 15 is 0 Å². The first kappa shape index (κ1) is 19.0. The second-order valence-corrected chi connectivity index (χ2v) is 9.23. The fourth-order valence-corrected chi connectivity index (χ4v) is 4.39. The molecule has 1 saturated heterocycles. The van der Waals surface area contributed by atoms with Gasteiger partial charge in [-0.15, -0.1) is 0 Å². The van der Waals surface area contributed by atoms with E-state index in [0.29, 0.717) is 13.2 Å². The highest BCUT2D eigenvalue weighted by Crippen LogP contribution is 2.46. The molecule has 2 heterocycles. The Kier molecular flexibility index (Phi) is 4.70. The number of nitrogens with two attached hydrogens (primary N) is 1. The molecule has 4 nitrogen and oxygen atoms in total. The third kappa shape index (κ3) is 3.30. The number of benzene rings is 2. The zero-order valence-corrected chi connectivity index (χ0v) is 17.1. The van der Waals surface area contributed by atoms with Crippen molar-refractivity contribution in [2.45, 2.75) is 51.0 Å². The molecular formula is C24H30N2O2. The molecule has 28 heavy (non-hydrogen) atoms. The molecular weight excluding hydrogens is 348 g/mol. The number of fused-ring (bicyclic) bond motifs is 2. The highest BCUT2D eigenvalue weighted by Gasteiger charge is 2.44. The molecule has 0 aromatic heterocycles. The predicted molar refractivity (Wildman–Crippen MR) is 112 cm³/mol. The molecule has 0 aliphatic carbocycles. The van der Waals surface area contributed by atoms with Gasteiger partial charge < -0.3 is 15.4 Å². The molecule has 1 spiro atoms. The van der Waals surface area contributed by atoms with Crippen molar-refractivity contribution in [3.8, 4) is 5.75 Å². The Labute approximate surface area is 167 Å². The van der Waals surface area contributed by atoms with Gasteiger partial charge in [-0.3, -0.25) is 4.79 Å². The van der Waals surface area contributed by atoms with Crippen LogP contribution in [0, 0.1) is 0 Å². The van der Waals surface area contributed by atoms with Crippen LogP contribution in [0.1, 0.15) is 60.7 Å². The lowest BCUT2D eigenvalue weighted by atomic mass is 9.74. The Morgan fingerprint density at radius 1 is 1.14 bits per heavy atom. The van der Waals surface area contributed by atoms with Crippen molar-refractivity contribution >= 4 is 5.91 Å². The van der Waals surface area contributed by atoms with Gasteiger partial charge in [0.15, 0.2) is 0 Å². The van der Waals surface area contributed by atoms with Crippen LogP contribution in [-0.4, -0.2) is 30.5 Å². The van der Waals surface area contributed by atoms with E-state index in [1.165, 1.54) is 11.1 Å². The summed E-state index contributed by atoms with van der Waals surface area (Å²) in [4.78, 5) is 15.1. The lowest BCUT2D eigenvalue weighted by Crippen LogP contribution is -2.46. The normalized spacial score (nSPS) is 18.1. The summed E-state index contributed by atoms with van der Waals surface area (Å²) in [5.41, 5.74) is 10.3. The number of carbonyl (C=O) groups excluding carboxylic acids is 1. The van der Waals surface area contributed by atoms with E-state index in [2.05, 4.69) is 32.9 Å². The van der Waals surface area contributed by atoms with Crippen LogP contribution in [0.4, 0.5) is 0 Å². The van der Waals surface area contributed by atoms with Crippen LogP contribution in [0.3, 0.4) is 0 Å². The second kappa shape index (κ2) is 6.93. The summed E-state index contributed by atoms with van der Waals surface area (Å²) >= 11 is 0. The summed E-state index contributed by atoms with van der Waals surface area (Å²) < 4.78 is 5.98. The number of piperidine rings is 1. The van der Waals surface area contributed by atoms with Gasteiger partial charge in [0.1, 0.15) is 5.75 Å². The molecule has 2 aliphatic rings. The monoisotopic (exact) mass is 378 g/mol. The predicted octanol–water partition coefficient (Wildman–Crippen LogP) is 4.01. The zero-order valence-electron chi connectivity index (χ0n) is 17.1.